The molecule has 0 saturated heterocycles. The van der Waals surface area contributed by atoms with Gasteiger partial charge >= 0.3 is 26.2 Å². The van der Waals surface area contributed by atoms with E-state index in [-0.39, 0.29) is 63.4 Å². The zero-order valence-corrected chi connectivity index (χ0v) is 14.9. The summed E-state index contributed by atoms with van der Waals surface area (Å²) in [6.45, 7) is 6.69. The predicted octanol–water partition coefficient (Wildman–Crippen LogP) is -5.73. The van der Waals surface area contributed by atoms with Crippen molar-refractivity contribution in [3.63, 3.8) is 0 Å². The van der Waals surface area contributed by atoms with Crippen molar-refractivity contribution in [1.29, 1.82) is 0 Å². The normalized spacial score (nSPS) is 9.87. The van der Waals surface area contributed by atoms with E-state index < -0.39 is 0 Å². The average Bonchev–Trinajstić information content (AvgIpc) is 2.41. The van der Waals surface area contributed by atoms with Crippen LogP contribution in [0, 0.1) is 12.5 Å². The number of hydrogen-bond acceptors (Lipinski definition) is 0. The molecule has 1 aliphatic carbocycles. The molecule has 5 heteroatoms. The molecule has 1 aliphatic rings. The summed E-state index contributed by atoms with van der Waals surface area (Å²) in [5.41, 5.74) is 0. The number of allylic oxidation sites excluding steroid dienone is 4. The summed E-state index contributed by atoms with van der Waals surface area (Å²) in [5.74, 6) is 0. The number of hydrogen-bond donors (Lipinski definition) is 0. The topological polar surface area (TPSA) is 0 Å². The van der Waals surface area contributed by atoms with E-state index in [1.807, 2.05) is 12.2 Å². The Morgan fingerprint density at radius 3 is 1.87 bits per heavy atom. The Bertz CT molecular complexity index is 129. The Balaban J connectivity index is -0.0000000352. The van der Waals surface area contributed by atoms with Crippen LogP contribution in [-0.2, 0) is 26.2 Å². The van der Waals surface area contributed by atoms with Crippen LogP contribution in [-0.4, -0.2) is 19.5 Å². The van der Waals surface area contributed by atoms with Gasteiger partial charge in [-0.3, -0.25) is 6.08 Å². The van der Waals surface area contributed by atoms with E-state index in [4.69, 9.17) is 0 Å². The molecule has 0 heterocycles. The first-order chi connectivity index (χ1) is 5.27. The Morgan fingerprint density at radius 2 is 1.80 bits per heavy atom. The molecule has 0 spiro atoms. The molecule has 89 valence electrons. The smallest absolute Gasteiger partial charge is 1.00 e. The third-order valence-electron chi connectivity index (χ3n) is 1.13. The molecule has 0 atom stereocenters. The van der Waals surface area contributed by atoms with Gasteiger partial charge in [0.1, 0.15) is 0 Å². The zero-order chi connectivity index (χ0) is 8.53. The first-order valence-electron chi connectivity index (χ1n) is 3.91. The van der Waals surface area contributed by atoms with Crippen molar-refractivity contribution in [2.75, 3.05) is 19.5 Å². The second kappa shape index (κ2) is 24.8. The molecule has 0 nitrogen and oxygen atoms in total. The minimum atomic E-state index is 0. The van der Waals surface area contributed by atoms with Crippen LogP contribution in [0.2, 0.25) is 0 Å². The van der Waals surface area contributed by atoms with Crippen molar-refractivity contribution in [2.45, 2.75) is 13.3 Å². The molecular formula is C10H17Cl3PZr-2. The van der Waals surface area contributed by atoms with Crippen molar-refractivity contribution in [2.24, 2.45) is 0 Å². The van der Waals surface area contributed by atoms with E-state index in [1.54, 1.807) is 0 Å². The first-order valence-corrected chi connectivity index (χ1v) is 6.33. The van der Waals surface area contributed by atoms with Gasteiger partial charge in [-0.1, -0.05) is 0 Å². The Labute approximate surface area is 134 Å². The van der Waals surface area contributed by atoms with Crippen molar-refractivity contribution >= 4 is 7.92 Å². The van der Waals surface area contributed by atoms with Crippen LogP contribution in [0.4, 0.5) is 0 Å². The first kappa shape index (κ1) is 30.1. The third-order valence-corrected chi connectivity index (χ3v) is 2.23. The summed E-state index contributed by atoms with van der Waals surface area (Å²) in [4.78, 5) is 0. The van der Waals surface area contributed by atoms with Crippen LogP contribution in [0.3, 0.4) is 0 Å². The fourth-order valence-corrected chi connectivity index (χ4v) is 1.44. The number of halogens is 3. The minimum Gasteiger partial charge on any atom is -1.00 e. The molecule has 1 rings (SSSR count). The summed E-state index contributed by atoms with van der Waals surface area (Å²) in [7, 11) is 0.344. The van der Waals surface area contributed by atoms with E-state index in [1.165, 1.54) is 6.16 Å². The zero-order valence-electron chi connectivity index (χ0n) is 9.30. The summed E-state index contributed by atoms with van der Waals surface area (Å²) in [5, 5.41) is 0. The third kappa shape index (κ3) is 31.3. The van der Waals surface area contributed by atoms with Crippen molar-refractivity contribution in [1.82, 2.24) is 0 Å². The van der Waals surface area contributed by atoms with Crippen LogP contribution in [0.25, 0.3) is 0 Å². The Hall–Kier alpha value is 1.66. The molecule has 0 unspecified atom stereocenters. The van der Waals surface area contributed by atoms with Crippen molar-refractivity contribution in [3.05, 3.63) is 30.7 Å². The van der Waals surface area contributed by atoms with Gasteiger partial charge in [-0.05, 0) is 13.3 Å². The molecule has 0 bridgehead atoms. The maximum Gasteiger partial charge on any atom is 3.00 e. The summed E-state index contributed by atoms with van der Waals surface area (Å²) < 4.78 is 0. The van der Waals surface area contributed by atoms with E-state index in [2.05, 4.69) is 38.8 Å². The second-order valence-electron chi connectivity index (χ2n) is 2.67. The van der Waals surface area contributed by atoms with Crippen LogP contribution in [0.1, 0.15) is 13.3 Å². The predicted molar refractivity (Wildman–Crippen MR) is 55.2 cm³/mol. The van der Waals surface area contributed by atoms with Gasteiger partial charge in [-0.2, -0.15) is 19.2 Å². The molecule has 0 amide bonds. The maximum atomic E-state index is 2.99. The van der Waals surface area contributed by atoms with E-state index in [0.29, 0.717) is 7.92 Å². The van der Waals surface area contributed by atoms with Crippen LogP contribution < -0.4 is 37.2 Å². The van der Waals surface area contributed by atoms with Gasteiger partial charge in [0.05, 0.1) is 0 Å². The molecule has 0 aliphatic heterocycles. The van der Waals surface area contributed by atoms with Crippen molar-refractivity contribution in [3.8, 4) is 0 Å². The monoisotopic (exact) mass is 363 g/mol. The summed E-state index contributed by atoms with van der Waals surface area (Å²) >= 11 is 0. The van der Waals surface area contributed by atoms with Crippen molar-refractivity contribution < 1.29 is 63.4 Å². The summed E-state index contributed by atoms with van der Waals surface area (Å²) in [6.07, 6.45) is 13.5. The van der Waals surface area contributed by atoms with Gasteiger partial charge in [0.15, 0.2) is 0 Å². The van der Waals surface area contributed by atoms with Gasteiger partial charge in [0.25, 0.3) is 0 Å². The molecular weight excluding hydrogens is 349 g/mol. The van der Waals surface area contributed by atoms with Gasteiger partial charge in [-0.25, -0.2) is 12.2 Å². The Kier molecular flexibility index (Phi) is 49.6. The fourth-order valence-electron chi connectivity index (χ4n) is 0.705. The van der Waals surface area contributed by atoms with Crippen LogP contribution in [0.5, 0.6) is 0 Å². The quantitative estimate of drug-likeness (QED) is 0.338. The standard InChI is InChI=1S/C5H12P.C5H5.3ClH.Zr/c1-4-5-6(2)3;1-2-4-5-3-1;;;;/h4H,5H2,1-3H3;1-3H,4H2;3*1H;/q2*-1;;;;+3/p-3. The largest absolute Gasteiger partial charge is 3.00 e. The van der Waals surface area contributed by atoms with Gasteiger partial charge in [0.2, 0.25) is 0 Å². The molecule has 0 aromatic carbocycles. The Morgan fingerprint density at radius 1 is 1.27 bits per heavy atom. The average molecular weight is 366 g/mol. The van der Waals surface area contributed by atoms with E-state index in [9.17, 15) is 0 Å². The SMILES string of the molecule is C[CH-]CP(C)C.[C-]1=CC=CC1.[Cl-].[Cl-].[Cl-].[Zr+3]. The van der Waals surface area contributed by atoms with E-state index in [0.717, 1.165) is 6.42 Å². The van der Waals surface area contributed by atoms with Gasteiger partial charge < -0.3 is 43.6 Å². The molecule has 0 aromatic heterocycles. The second-order valence-corrected chi connectivity index (χ2v) is 5.20. The fraction of sp³-hybridized carbons (Fsp3) is 0.500. The maximum absolute atomic E-state index is 2.99. The molecule has 15 heavy (non-hydrogen) atoms. The number of rotatable bonds is 2. The molecule has 0 fully saturated rings. The summed E-state index contributed by atoms with van der Waals surface area (Å²) in [6, 6.07) is 0. The van der Waals surface area contributed by atoms with Gasteiger partial charge in [-0.15, -0.1) is 14.3 Å². The molecule has 1 radical (unpaired) electrons. The minimum absolute atomic E-state index is 0. The molecule has 0 aromatic rings. The van der Waals surface area contributed by atoms with Crippen LogP contribution >= 0.6 is 7.92 Å². The molecule has 0 N–H and O–H groups in total. The van der Waals surface area contributed by atoms with E-state index >= 15 is 0 Å². The molecule has 0 saturated carbocycles. The van der Waals surface area contributed by atoms with Gasteiger partial charge in [0, 0.05) is 0 Å². The van der Waals surface area contributed by atoms with Crippen LogP contribution in [0.15, 0.2) is 18.2 Å².